The largest absolute Gasteiger partial charge is 0.469 e. The highest BCUT2D eigenvalue weighted by Gasteiger charge is 2.36. The molecule has 1 aliphatic rings. The van der Waals surface area contributed by atoms with Crippen molar-refractivity contribution >= 4 is 5.97 Å². The zero-order valence-electron chi connectivity index (χ0n) is 6.91. The van der Waals surface area contributed by atoms with Crippen molar-refractivity contribution in [1.82, 2.24) is 0 Å². The van der Waals surface area contributed by atoms with Gasteiger partial charge in [0.25, 0.3) is 0 Å². The van der Waals surface area contributed by atoms with Gasteiger partial charge in [0.05, 0.1) is 19.1 Å². The monoisotopic (exact) mass is 158 g/mol. The van der Waals surface area contributed by atoms with Crippen molar-refractivity contribution in [1.29, 1.82) is 0 Å². The van der Waals surface area contributed by atoms with Crippen molar-refractivity contribution in [3.05, 3.63) is 0 Å². The summed E-state index contributed by atoms with van der Waals surface area (Å²) in [5.41, 5.74) is 0. The van der Waals surface area contributed by atoms with Crippen molar-refractivity contribution < 1.29 is 14.6 Å². The van der Waals surface area contributed by atoms with Crippen molar-refractivity contribution in [2.75, 3.05) is 7.11 Å². The molecular formula is C8H14O3. The quantitative estimate of drug-likeness (QED) is 0.567. The molecule has 64 valence electrons. The normalized spacial score (nSPS) is 37.2. The summed E-state index contributed by atoms with van der Waals surface area (Å²) in [5, 5.41) is 9.30. The van der Waals surface area contributed by atoms with E-state index in [2.05, 4.69) is 4.74 Å². The van der Waals surface area contributed by atoms with E-state index < -0.39 is 0 Å². The van der Waals surface area contributed by atoms with Crippen LogP contribution >= 0.6 is 0 Å². The molecule has 3 heteroatoms. The van der Waals surface area contributed by atoms with E-state index in [4.69, 9.17) is 0 Å². The number of hydrogen-bond acceptors (Lipinski definition) is 3. The van der Waals surface area contributed by atoms with Crippen LogP contribution in [-0.4, -0.2) is 24.3 Å². The van der Waals surface area contributed by atoms with Gasteiger partial charge in [-0.05, 0) is 18.8 Å². The average Bonchev–Trinajstić information content (AvgIpc) is 2.32. The van der Waals surface area contributed by atoms with Crippen LogP contribution < -0.4 is 0 Å². The molecule has 1 N–H and O–H groups in total. The Bertz CT molecular complexity index is 155. The molecule has 11 heavy (non-hydrogen) atoms. The topological polar surface area (TPSA) is 46.5 Å². The molecule has 0 aromatic rings. The Hall–Kier alpha value is -0.570. The maximum absolute atomic E-state index is 11.0. The minimum Gasteiger partial charge on any atom is -0.469 e. The smallest absolute Gasteiger partial charge is 0.309 e. The van der Waals surface area contributed by atoms with Gasteiger partial charge >= 0.3 is 5.97 Å². The Morgan fingerprint density at radius 1 is 1.55 bits per heavy atom. The van der Waals surface area contributed by atoms with Gasteiger partial charge in [-0.25, -0.2) is 0 Å². The molecule has 0 aromatic carbocycles. The molecule has 1 aliphatic carbocycles. The van der Waals surface area contributed by atoms with Crippen molar-refractivity contribution in [3.8, 4) is 0 Å². The molecule has 1 saturated carbocycles. The van der Waals surface area contributed by atoms with Crippen molar-refractivity contribution in [3.63, 3.8) is 0 Å². The van der Waals surface area contributed by atoms with E-state index in [9.17, 15) is 9.90 Å². The van der Waals surface area contributed by atoms with Crippen LogP contribution in [0.15, 0.2) is 0 Å². The first kappa shape index (κ1) is 8.53. The van der Waals surface area contributed by atoms with E-state index in [0.29, 0.717) is 0 Å². The number of carbonyl (C=O) groups is 1. The Kier molecular flexibility index (Phi) is 2.49. The summed E-state index contributed by atoms with van der Waals surface area (Å²) < 4.78 is 4.60. The molecule has 1 fully saturated rings. The third-order valence-electron chi connectivity index (χ3n) is 2.52. The zero-order valence-corrected chi connectivity index (χ0v) is 6.91. The lowest BCUT2D eigenvalue weighted by atomic mass is 9.97. The lowest BCUT2D eigenvalue weighted by Crippen LogP contribution is -2.23. The molecule has 0 saturated heterocycles. The van der Waals surface area contributed by atoms with E-state index >= 15 is 0 Å². The molecule has 0 aromatic heterocycles. The van der Waals surface area contributed by atoms with Crippen LogP contribution in [0.25, 0.3) is 0 Å². The second kappa shape index (κ2) is 3.22. The molecule has 0 bridgehead atoms. The Balaban J connectivity index is 2.54. The highest BCUT2D eigenvalue weighted by molar-refractivity contribution is 5.73. The first-order valence-corrected chi connectivity index (χ1v) is 3.92. The van der Waals surface area contributed by atoms with Gasteiger partial charge in [0.15, 0.2) is 0 Å². The van der Waals surface area contributed by atoms with Gasteiger partial charge < -0.3 is 9.84 Å². The van der Waals surface area contributed by atoms with Gasteiger partial charge in [-0.15, -0.1) is 0 Å². The Morgan fingerprint density at radius 3 is 2.55 bits per heavy atom. The van der Waals surface area contributed by atoms with E-state index in [1.165, 1.54) is 7.11 Å². The van der Waals surface area contributed by atoms with Gasteiger partial charge in [-0.2, -0.15) is 0 Å². The number of esters is 1. The lowest BCUT2D eigenvalue weighted by molar-refractivity contribution is -0.147. The number of ether oxygens (including phenoxy) is 1. The summed E-state index contributed by atoms with van der Waals surface area (Å²) in [6, 6.07) is 0. The van der Waals surface area contributed by atoms with Gasteiger partial charge in [0.1, 0.15) is 0 Å². The summed E-state index contributed by atoms with van der Waals surface area (Å²) in [7, 11) is 1.39. The van der Waals surface area contributed by atoms with Crippen LogP contribution in [0.3, 0.4) is 0 Å². The van der Waals surface area contributed by atoms with E-state index in [1.807, 2.05) is 6.92 Å². The van der Waals surface area contributed by atoms with Crippen LogP contribution in [0, 0.1) is 11.8 Å². The second-order valence-electron chi connectivity index (χ2n) is 3.13. The lowest BCUT2D eigenvalue weighted by Gasteiger charge is -2.14. The molecule has 3 nitrogen and oxygen atoms in total. The molecule has 0 amide bonds. The van der Waals surface area contributed by atoms with E-state index in [0.717, 1.165) is 12.8 Å². The third kappa shape index (κ3) is 1.53. The van der Waals surface area contributed by atoms with Gasteiger partial charge in [-0.1, -0.05) is 6.92 Å². The van der Waals surface area contributed by atoms with Crippen LogP contribution in [0.1, 0.15) is 19.8 Å². The predicted molar refractivity (Wildman–Crippen MR) is 39.9 cm³/mol. The van der Waals surface area contributed by atoms with Crippen molar-refractivity contribution in [2.24, 2.45) is 11.8 Å². The summed E-state index contributed by atoms with van der Waals surface area (Å²) in [5.74, 6) is -0.216. The number of hydrogen-bond donors (Lipinski definition) is 1. The fourth-order valence-electron chi connectivity index (χ4n) is 1.63. The summed E-state index contributed by atoms with van der Waals surface area (Å²) in [6.45, 7) is 1.89. The summed E-state index contributed by atoms with van der Waals surface area (Å²) in [6.07, 6.45) is 1.16. The summed E-state index contributed by atoms with van der Waals surface area (Å²) >= 11 is 0. The van der Waals surface area contributed by atoms with Crippen molar-refractivity contribution in [2.45, 2.75) is 25.9 Å². The molecule has 0 spiro atoms. The first-order chi connectivity index (χ1) is 5.16. The van der Waals surface area contributed by atoms with Gasteiger partial charge in [0, 0.05) is 0 Å². The fraction of sp³-hybridized carbons (Fsp3) is 0.875. The first-order valence-electron chi connectivity index (χ1n) is 3.92. The molecule has 0 aliphatic heterocycles. The molecule has 0 unspecified atom stereocenters. The molecule has 1 rings (SSSR count). The van der Waals surface area contributed by atoms with Crippen LogP contribution in [0.4, 0.5) is 0 Å². The SMILES string of the molecule is COC(=O)[C@H]1CC[C@H](O)[C@H]1C. The maximum Gasteiger partial charge on any atom is 0.309 e. The molecular weight excluding hydrogens is 144 g/mol. The van der Waals surface area contributed by atoms with E-state index in [1.54, 1.807) is 0 Å². The Labute approximate surface area is 66.4 Å². The second-order valence-corrected chi connectivity index (χ2v) is 3.13. The van der Waals surface area contributed by atoms with Crippen LogP contribution in [-0.2, 0) is 9.53 Å². The number of rotatable bonds is 1. The number of aliphatic hydroxyl groups excluding tert-OH is 1. The zero-order chi connectivity index (χ0) is 8.43. The van der Waals surface area contributed by atoms with Gasteiger partial charge in [-0.3, -0.25) is 4.79 Å². The van der Waals surface area contributed by atoms with Gasteiger partial charge in [0.2, 0.25) is 0 Å². The van der Waals surface area contributed by atoms with E-state index in [-0.39, 0.29) is 23.9 Å². The average molecular weight is 158 g/mol. The third-order valence-corrected chi connectivity index (χ3v) is 2.52. The molecule has 0 radical (unpaired) electrons. The fourth-order valence-corrected chi connectivity index (χ4v) is 1.63. The maximum atomic E-state index is 11.0. The highest BCUT2D eigenvalue weighted by atomic mass is 16.5. The highest BCUT2D eigenvalue weighted by Crippen LogP contribution is 2.32. The minimum atomic E-state index is -0.320. The minimum absolute atomic E-state index is 0.0578. The standard InChI is InChI=1S/C8H14O3/c1-5-6(8(10)11-2)3-4-7(5)9/h5-7,9H,3-4H2,1-2H3/t5-,6-,7-/m0/s1. The van der Waals surface area contributed by atoms with Crippen LogP contribution in [0.2, 0.25) is 0 Å². The Morgan fingerprint density at radius 2 is 2.18 bits per heavy atom. The summed E-state index contributed by atoms with van der Waals surface area (Å²) in [4.78, 5) is 11.0. The predicted octanol–water partition coefficient (Wildman–Crippen LogP) is 0.566. The number of methoxy groups -OCH3 is 1. The van der Waals surface area contributed by atoms with Crippen LogP contribution in [0.5, 0.6) is 0 Å². The number of carbonyl (C=O) groups excluding carboxylic acids is 1. The molecule has 0 heterocycles. The molecule has 3 atom stereocenters. The number of aliphatic hydroxyl groups is 1.